The first kappa shape index (κ1) is 14.7. The van der Waals surface area contributed by atoms with Crippen LogP contribution >= 0.6 is 11.6 Å². The molecule has 0 radical (unpaired) electrons. The Labute approximate surface area is 109 Å². The first-order valence-corrected chi connectivity index (χ1v) is 5.76. The van der Waals surface area contributed by atoms with Gasteiger partial charge in [0.15, 0.2) is 0 Å². The van der Waals surface area contributed by atoms with Gasteiger partial charge in [-0.2, -0.15) is 0 Å². The van der Waals surface area contributed by atoms with Gasteiger partial charge in [0.05, 0.1) is 19.1 Å². The third kappa shape index (κ3) is 3.56. The highest BCUT2D eigenvalue weighted by Crippen LogP contribution is 2.29. The molecule has 0 aliphatic rings. The lowest BCUT2D eigenvalue weighted by molar-refractivity contribution is -0.147. The summed E-state index contributed by atoms with van der Waals surface area (Å²) in [5.41, 5.74) is 5.94. The normalized spacial score (nSPS) is 14.0. The lowest BCUT2D eigenvalue weighted by Gasteiger charge is -2.19. The second kappa shape index (κ2) is 6.53. The van der Waals surface area contributed by atoms with E-state index in [1.54, 1.807) is 6.92 Å². The van der Waals surface area contributed by atoms with Gasteiger partial charge in [0.25, 0.3) is 0 Å². The molecular formula is C11H15ClN2O4. The number of hydrogen-bond acceptors (Lipinski definition) is 6. The van der Waals surface area contributed by atoms with E-state index in [0.29, 0.717) is 0 Å². The Bertz CT molecular complexity index is 407. The number of aliphatic hydroxyl groups is 2. The third-order valence-corrected chi connectivity index (χ3v) is 2.62. The highest BCUT2D eigenvalue weighted by Gasteiger charge is 2.26. The number of nitrogens with zero attached hydrogens (tertiary/aromatic N) is 1. The van der Waals surface area contributed by atoms with Crippen molar-refractivity contribution in [2.75, 3.05) is 12.3 Å². The zero-order valence-corrected chi connectivity index (χ0v) is 10.6. The topological polar surface area (TPSA) is 106 Å². The van der Waals surface area contributed by atoms with E-state index in [9.17, 15) is 15.0 Å². The van der Waals surface area contributed by atoms with Gasteiger partial charge < -0.3 is 20.7 Å². The SMILES string of the molecule is CCOC(=O)CC(O)C(O)c1c(N)ccnc1Cl. The number of carbonyl (C=O) groups excluding carboxylic acids is 1. The van der Waals surface area contributed by atoms with Crippen molar-refractivity contribution in [2.45, 2.75) is 25.6 Å². The van der Waals surface area contributed by atoms with Crippen LogP contribution in [0.1, 0.15) is 25.0 Å². The van der Waals surface area contributed by atoms with Crippen LogP contribution in [0.4, 0.5) is 5.69 Å². The molecule has 2 unspecified atom stereocenters. The maximum absolute atomic E-state index is 11.2. The number of halogens is 1. The smallest absolute Gasteiger partial charge is 0.308 e. The second-order valence-electron chi connectivity index (χ2n) is 3.63. The average molecular weight is 275 g/mol. The Morgan fingerprint density at radius 2 is 2.28 bits per heavy atom. The molecule has 1 aromatic heterocycles. The summed E-state index contributed by atoms with van der Waals surface area (Å²) in [6.07, 6.45) is -1.71. The predicted molar refractivity (Wildman–Crippen MR) is 65.9 cm³/mol. The van der Waals surface area contributed by atoms with E-state index in [4.69, 9.17) is 17.3 Å². The van der Waals surface area contributed by atoms with E-state index in [2.05, 4.69) is 9.72 Å². The third-order valence-electron chi connectivity index (χ3n) is 2.32. The number of nitrogen functional groups attached to an aromatic ring is 1. The molecular weight excluding hydrogens is 260 g/mol. The van der Waals surface area contributed by atoms with Gasteiger partial charge in [-0.15, -0.1) is 0 Å². The fourth-order valence-corrected chi connectivity index (χ4v) is 1.73. The number of aromatic nitrogens is 1. The first-order chi connectivity index (χ1) is 8.47. The lowest BCUT2D eigenvalue weighted by Crippen LogP contribution is -2.24. The maximum Gasteiger partial charge on any atom is 0.308 e. The molecule has 1 heterocycles. The Balaban J connectivity index is 2.80. The number of esters is 1. The van der Waals surface area contributed by atoms with Gasteiger partial charge in [-0.1, -0.05) is 11.6 Å². The van der Waals surface area contributed by atoms with Crippen LogP contribution in [0.2, 0.25) is 5.15 Å². The zero-order chi connectivity index (χ0) is 13.7. The molecule has 7 heteroatoms. The number of hydrogen-bond donors (Lipinski definition) is 3. The Morgan fingerprint density at radius 3 is 2.83 bits per heavy atom. The molecule has 0 fully saturated rings. The average Bonchev–Trinajstić information content (AvgIpc) is 2.28. The molecule has 0 saturated carbocycles. The van der Waals surface area contributed by atoms with Crippen LogP contribution in [0.25, 0.3) is 0 Å². The molecule has 0 saturated heterocycles. The lowest BCUT2D eigenvalue weighted by atomic mass is 10.0. The molecule has 4 N–H and O–H groups in total. The van der Waals surface area contributed by atoms with Gasteiger partial charge in [-0.25, -0.2) is 4.98 Å². The summed E-state index contributed by atoms with van der Waals surface area (Å²) >= 11 is 5.79. The predicted octanol–water partition coefficient (Wildman–Crippen LogP) is 0.665. The van der Waals surface area contributed by atoms with Crippen molar-refractivity contribution in [3.63, 3.8) is 0 Å². The van der Waals surface area contributed by atoms with E-state index in [0.717, 1.165) is 0 Å². The summed E-state index contributed by atoms with van der Waals surface area (Å²) in [4.78, 5) is 14.9. The monoisotopic (exact) mass is 274 g/mol. The highest BCUT2D eigenvalue weighted by atomic mass is 35.5. The molecule has 1 aromatic rings. The maximum atomic E-state index is 11.2. The molecule has 0 aliphatic carbocycles. The molecule has 6 nitrogen and oxygen atoms in total. The van der Waals surface area contributed by atoms with Crippen molar-refractivity contribution in [1.82, 2.24) is 4.98 Å². The fourth-order valence-electron chi connectivity index (χ4n) is 1.45. The van der Waals surface area contributed by atoms with Gasteiger partial charge in [0.2, 0.25) is 0 Å². The Kier molecular flexibility index (Phi) is 5.33. The molecule has 1 rings (SSSR count). The Hall–Kier alpha value is -1.37. The second-order valence-corrected chi connectivity index (χ2v) is 3.98. The molecule has 0 aliphatic heterocycles. The Morgan fingerprint density at radius 1 is 1.61 bits per heavy atom. The molecule has 0 bridgehead atoms. The molecule has 0 amide bonds. The number of pyridine rings is 1. The minimum Gasteiger partial charge on any atom is -0.466 e. The minimum absolute atomic E-state index is 0.00888. The number of carbonyl (C=O) groups is 1. The van der Waals surface area contributed by atoms with Crippen LogP contribution in [0.5, 0.6) is 0 Å². The summed E-state index contributed by atoms with van der Waals surface area (Å²) in [5, 5.41) is 19.6. The zero-order valence-electron chi connectivity index (χ0n) is 9.84. The number of anilines is 1. The number of rotatable bonds is 5. The highest BCUT2D eigenvalue weighted by molar-refractivity contribution is 6.30. The van der Waals surface area contributed by atoms with Crippen molar-refractivity contribution >= 4 is 23.3 Å². The van der Waals surface area contributed by atoms with Gasteiger partial charge >= 0.3 is 5.97 Å². The van der Waals surface area contributed by atoms with E-state index in [1.807, 2.05) is 0 Å². The van der Waals surface area contributed by atoms with Crippen molar-refractivity contribution in [2.24, 2.45) is 0 Å². The summed E-state index contributed by atoms with van der Waals surface area (Å²) in [6.45, 7) is 1.86. The van der Waals surface area contributed by atoms with Crippen LogP contribution in [0.3, 0.4) is 0 Å². The first-order valence-electron chi connectivity index (χ1n) is 5.39. The van der Waals surface area contributed by atoms with Gasteiger partial charge in [0.1, 0.15) is 11.3 Å². The van der Waals surface area contributed by atoms with Crippen LogP contribution in [0.15, 0.2) is 12.3 Å². The van der Waals surface area contributed by atoms with E-state index >= 15 is 0 Å². The molecule has 100 valence electrons. The van der Waals surface area contributed by atoms with E-state index < -0.39 is 18.2 Å². The van der Waals surface area contributed by atoms with Crippen molar-refractivity contribution in [3.05, 3.63) is 23.0 Å². The van der Waals surface area contributed by atoms with E-state index in [-0.39, 0.29) is 29.4 Å². The van der Waals surface area contributed by atoms with Crippen LogP contribution < -0.4 is 5.73 Å². The van der Waals surface area contributed by atoms with Crippen LogP contribution in [-0.2, 0) is 9.53 Å². The fraction of sp³-hybridized carbons (Fsp3) is 0.455. The minimum atomic E-state index is -1.39. The number of aliphatic hydroxyl groups excluding tert-OH is 2. The molecule has 18 heavy (non-hydrogen) atoms. The molecule has 2 atom stereocenters. The van der Waals surface area contributed by atoms with Crippen molar-refractivity contribution in [1.29, 1.82) is 0 Å². The largest absolute Gasteiger partial charge is 0.466 e. The standard InChI is InChI=1S/C11H15ClN2O4/c1-2-18-8(16)5-7(15)10(17)9-6(13)3-4-14-11(9)12/h3-4,7,10,15,17H,2,5H2,1H3,(H2,13,14). The van der Waals surface area contributed by atoms with Crippen molar-refractivity contribution in [3.8, 4) is 0 Å². The number of ether oxygens (including phenoxy) is 1. The van der Waals surface area contributed by atoms with Crippen LogP contribution in [0, 0.1) is 0 Å². The molecule has 0 spiro atoms. The summed E-state index contributed by atoms with van der Waals surface area (Å²) in [7, 11) is 0. The summed E-state index contributed by atoms with van der Waals surface area (Å²) < 4.78 is 4.67. The van der Waals surface area contributed by atoms with Gasteiger partial charge in [0, 0.05) is 17.4 Å². The van der Waals surface area contributed by atoms with Crippen LogP contribution in [-0.4, -0.2) is 33.9 Å². The molecule has 0 aromatic carbocycles. The van der Waals surface area contributed by atoms with E-state index in [1.165, 1.54) is 12.3 Å². The summed E-state index contributed by atoms with van der Waals surface area (Å²) in [5.74, 6) is -0.609. The summed E-state index contributed by atoms with van der Waals surface area (Å²) in [6, 6.07) is 1.45. The van der Waals surface area contributed by atoms with Crippen molar-refractivity contribution < 1.29 is 19.7 Å². The van der Waals surface area contributed by atoms with Gasteiger partial charge in [-0.05, 0) is 13.0 Å². The van der Waals surface area contributed by atoms with Gasteiger partial charge in [-0.3, -0.25) is 4.79 Å². The quantitative estimate of drug-likeness (QED) is 0.538. The number of nitrogens with two attached hydrogens (primary N) is 1.